The molecule has 3 heterocycles. The first-order valence-corrected chi connectivity index (χ1v) is 13.6. The molecule has 3 aromatic rings. The number of ether oxygens (including phenoxy) is 1. The number of hydrogen-bond acceptors (Lipinski definition) is 6. The van der Waals surface area contributed by atoms with Crippen LogP contribution in [-0.2, 0) is 22.7 Å². The Kier molecular flexibility index (Phi) is 7.12. The quantitative estimate of drug-likeness (QED) is 0.363. The molecule has 0 aliphatic carbocycles. The molecule has 3 aliphatic rings. The van der Waals surface area contributed by atoms with Gasteiger partial charge in [-0.15, -0.1) is 0 Å². The first-order chi connectivity index (χ1) is 19.9. The number of halogens is 1. The van der Waals surface area contributed by atoms with Crippen LogP contribution in [0, 0.1) is 12.4 Å². The van der Waals surface area contributed by atoms with Crippen molar-refractivity contribution in [2.75, 3.05) is 31.1 Å². The standard InChI is InChI=1S/C31H28FN5O4/c1-33-22-5-7-23(8-6-22)41-24-4-2-3-20(15-24)18-35-11-13-36(14-12-35)28-16-21-19-37(31(40)25(21)17-26(28)32)27-9-10-29(38)34-30(27)39/h2-8,15-17,27H,9-14,18-19H2,(H,34,38,39). The summed E-state index contributed by atoms with van der Waals surface area (Å²) in [4.78, 5) is 46.0. The summed E-state index contributed by atoms with van der Waals surface area (Å²) in [6.45, 7) is 10.7. The Morgan fingerprint density at radius 3 is 2.49 bits per heavy atom. The number of fused-ring (bicyclic) bond motifs is 1. The van der Waals surface area contributed by atoms with Gasteiger partial charge in [0.2, 0.25) is 11.8 Å². The number of carbonyl (C=O) groups is 3. The number of nitrogens with one attached hydrogen (secondary N) is 1. The highest BCUT2D eigenvalue weighted by Gasteiger charge is 2.40. The van der Waals surface area contributed by atoms with Crippen molar-refractivity contribution in [3.05, 3.63) is 94.6 Å². The lowest BCUT2D eigenvalue weighted by atomic mass is 10.0. The number of carbonyl (C=O) groups excluding carboxylic acids is 3. The van der Waals surface area contributed by atoms with E-state index in [1.807, 2.05) is 29.2 Å². The number of hydrogen-bond donors (Lipinski definition) is 1. The molecule has 9 nitrogen and oxygen atoms in total. The molecular weight excluding hydrogens is 525 g/mol. The molecule has 0 bridgehead atoms. The summed E-state index contributed by atoms with van der Waals surface area (Å²) in [5, 5.41) is 2.29. The van der Waals surface area contributed by atoms with Gasteiger partial charge >= 0.3 is 0 Å². The number of rotatable bonds is 6. The molecule has 0 aromatic heterocycles. The van der Waals surface area contributed by atoms with Crippen molar-refractivity contribution in [2.24, 2.45) is 0 Å². The molecule has 41 heavy (non-hydrogen) atoms. The maximum absolute atomic E-state index is 15.2. The van der Waals surface area contributed by atoms with E-state index in [4.69, 9.17) is 11.3 Å². The summed E-state index contributed by atoms with van der Waals surface area (Å²) < 4.78 is 21.2. The molecule has 1 atom stereocenters. The first-order valence-electron chi connectivity index (χ1n) is 13.6. The van der Waals surface area contributed by atoms with Crippen molar-refractivity contribution in [3.8, 4) is 11.5 Å². The molecule has 10 heteroatoms. The molecule has 3 aromatic carbocycles. The van der Waals surface area contributed by atoms with E-state index < -0.39 is 17.8 Å². The van der Waals surface area contributed by atoms with E-state index in [0.29, 0.717) is 35.8 Å². The van der Waals surface area contributed by atoms with Crippen molar-refractivity contribution in [1.82, 2.24) is 15.1 Å². The van der Waals surface area contributed by atoms with E-state index in [2.05, 4.69) is 15.1 Å². The van der Waals surface area contributed by atoms with E-state index in [1.54, 1.807) is 30.3 Å². The molecule has 1 N–H and O–H groups in total. The van der Waals surface area contributed by atoms with Crippen LogP contribution in [0.25, 0.3) is 4.85 Å². The van der Waals surface area contributed by atoms with Gasteiger partial charge in [-0.2, -0.15) is 0 Å². The zero-order valence-corrected chi connectivity index (χ0v) is 22.3. The second-order valence-corrected chi connectivity index (χ2v) is 10.5. The van der Waals surface area contributed by atoms with Crippen molar-refractivity contribution in [2.45, 2.75) is 32.0 Å². The molecule has 2 fully saturated rings. The van der Waals surface area contributed by atoms with E-state index in [0.717, 1.165) is 30.9 Å². The topological polar surface area (TPSA) is 86.6 Å². The van der Waals surface area contributed by atoms with E-state index >= 15 is 4.39 Å². The predicted octanol–water partition coefficient (Wildman–Crippen LogP) is 4.25. The van der Waals surface area contributed by atoms with E-state index in [1.165, 1.54) is 11.0 Å². The fraction of sp³-hybridized carbons (Fsp3) is 0.290. The van der Waals surface area contributed by atoms with Crippen molar-refractivity contribution >= 4 is 29.1 Å². The third-order valence-corrected chi connectivity index (χ3v) is 7.81. The minimum atomic E-state index is -0.725. The van der Waals surface area contributed by atoms with Crippen LogP contribution in [0.5, 0.6) is 11.5 Å². The Morgan fingerprint density at radius 1 is 0.976 bits per heavy atom. The molecule has 0 saturated carbocycles. The van der Waals surface area contributed by atoms with Gasteiger partial charge in [-0.05, 0) is 53.9 Å². The summed E-state index contributed by atoms with van der Waals surface area (Å²) in [6.07, 6.45) is 0.447. The van der Waals surface area contributed by atoms with Crippen molar-refractivity contribution in [1.29, 1.82) is 0 Å². The SMILES string of the molecule is [C-]#[N+]c1ccc(Oc2cccc(CN3CCN(c4cc5c(cc4F)C(=O)N(C4CCC(=O)NC4=O)C5)CC3)c2)cc1. The zero-order valence-electron chi connectivity index (χ0n) is 22.3. The molecule has 0 radical (unpaired) electrons. The highest BCUT2D eigenvalue weighted by molar-refractivity contribution is 6.05. The van der Waals surface area contributed by atoms with Crippen molar-refractivity contribution < 1.29 is 23.5 Å². The number of imide groups is 1. The highest BCUT2D eigenvalue weighted by Crippen LogP contribution is 2.33. The molecule has 2 saturated heterocycles. The number of piperazine rings is 1. The fourth-order valence-corrected chi connectivity index (χ4v) is 5.66. The van der Waals surface area contributed by atoms with Gasteiger partial charge in [0.25, 0.3) is 5.91 Å². The van der Waals surface area contributed by atoms with Gasteiger partial charge in [0.15, 0.2) is 5.69 Å². The van der Waals surface area contributed by atoms with Gasteiger partial charge in [0, 0.05) is 51.3 Å². The van der Waals surface area contributed by atoms with Crippen LogP contribution in [0.1, 0.15) is 34.3 Å². The van der Waals surface area contributed by atoms with Crippen molar-refractivity contribution in [3.63, 3.8) is 0 Å². The summed E-state index contributed by atoms with van der Waals surface area (Å²) in [5.41, 5.74) is 3.09. The van der Waals surface area contributed by atoms with Crippen LogP contribution in [-0.4, -0.2) is 59.7 Å². The lowest BCUT2D eigenvalue weighted by Gasteiger charge is -2.36. The fourth-order valence-electron chi connectivity index (χ4n) is 5.66. The van der Waals surface area contributed by atoms with Gasteiger partial charge in [0.05, 0.1) is 12.3 Å². The number of piperidine rings is 1. The lowest BCUT2D eigenvalue weighted by Crippen LogP contribution is -2.52. The van der Waals surface area contributed by atoms with Gasteiger partial charge in [-0.25, -0.2) is 9.24 Å². The van der Waals surface area contributed by atoms with Gasteiger partial charge in [-0.3, -0.25) is 24.6 Å². The molecule has 208 valence electrons. The Morgan fingerprint density at radius 2 is 1.76 bits per heavy atom. The molecule has 3 aliphatic heterocycles. The zero-order chi connectivity index (χ0) is 28.5. The molecule has 3 amide bonds. The number of nitrogens with zero attached hydrogens (tertiary/aromatic N) is 4. The average molecular weight is 554 g/mol. The van der Waals surface area contributed by atoms with Gasteiger partial charge in [0.1, 0.15) is 23.4 Å². The second-order valence-electron chi connectivity index (χ2n) is 10.5. The van der Waals surface area contributed by atoms with Crippen LogP contribution in [0.3, 0.4) is 0 Å². The third-order valence-electron chi connectivity index (χ3n) is 7.81. The lowest BCUT2D eigenvalue weighted by molar-refractivity contribution is -0.136. The molecule has 1 unspecified atom stereocenters. The minimum Gasteiger partial charge on any atom is -0.457 e. The van der Waals surface area contributed by atoms with Crippen LogP contribution in [0.15, 0.2) is 60.7 Å². The van der Waals surface area contributed by atoms with Crippen LogP contribution >= 0.6 is 0 Å². The smallest absolute Gasteiger partial charge is 0.255 e. The predicted molar refractivity (Wildman–Crippen MR) is 149 cm³/mol. The Hall–Kier alpha value is -4.75. The highest BCUT2D eigenvalue weighted by atomic mass is 19.1. The van der Waals surface area contributed by atoms with E-state index in [-0.39, 0.29) is 36.8 Å². The van der Waals surface area contributed by atoms with E-state index in [9.17, 15) is 14.4 Å². The summed E-state index contributed by atoms with van der Waals surface area (Å²) in [5.74, 6) is -0.264. The summed E-state index contributed by atoms with van der Waals surface area (Å²) in [6, 6.07) is 17.2. The second kappa shape index (κ2) is 11.0. The average Bonchev–Trinajstić information content (AvgIpc) is 3.28. The third kappa shape index (κ3) is 5.49. The summed E-state index contributed by atoms with van der Waals surface area (Å²) in [7, 11) is 0. The first kappa shape index (κ1) is 26.5. The molecule has 0 spiro atoms. The molecular formula is C31H28FN5O4. The van der Waals surface area contributed by atoms with Crippen LogP contribution < -0.4 is 15.0 Å². The number of benzene rings is 3. The maximum atomic E-state index is 15.2. The van der Waals surface area contributed by atoms with Gasteiger partial charge in [-0.1, -0.05) is 24.3 Å². The number of amides is 3. The number of anilines is 1. The maximum Gasteiger partial charge on any atom is 0.255 e. The largest absolute Gasteiger partial charge is 0.457 e. The summed E-state index contributed by atoms with van der Waals surface area (Å²) >= 11 is 0. The van der Waals surface area contributed by atoms with Crippen LogP contribution in [0.2, 0.25) is 0 Å². The van der Waals surface area contributed by atoms with Crippen LogP contribution in [0.4, 0.5) is 15.8 Å². The normalized spacial score (nSPS) is 19.1. The Bertz CT molecular complexity index is 1560. The Labute approximate surface area is 236 Å². The Balaban J connectivity index is 1.07. The molecule has 6 rings (SSSR count). The minimum absolute atomic E-state index is 0.176. The van der Waals surface area contributed by atoms with Gasteiger partial charge < -0.3 is 14.5 Å². The monoisotopic (exact) mass is 553 g/mol.